The highest BCUT2D eigenvalue weighted by molar-refractivity contribution is 5.66. The highest BCUT2D eigenvalue weighted by Gasteiger charge is 2.17. The third-order valence-electron chi connectivity index (χ3n) is 3.64. The molecule has 0 saturated heterocycles. The van der Waals surface area contributed by atoms with Crippen molar-refractivity contribution < 1.29 is 13.2 Å². The molecule has 0 aliphatic rings. The standard InChI is InChI=1S/C19H19F3/c1-3-5-7-14-9-11-16(19(22)18(14)21)15-10-8-13(6-4-2)12-17(15)20/h3,8-12H,1,4-7H2,2H3. The lowest BCUT2D eigenvalue weighted by Crippen LogP contribution is -1.99. The number of aryl methyl sites for hydroxylation is 2. The quantitative estimate of drug-likeness (QED) is 0.588. The Hall–Kier alpha value is -2.03. The van der Waals surface area contributed by atoms with Crippen molar-refractivity contribution in [2.75, 3.05) is 0 Å². The van der Waals surface area contributed by atoms with Crippen LogP contribution in [0.1, 0.15) is 30.9 Å². The molecular formula is C19H19F3. The van der Waals surface area contributed by atoms with Gasteiger partial charge in [-0.1, -0.05) is 43.7 Å². The molecule has 0 bridgehead atoms. The van der Waals surface area contributed by atoms with Crippen LogP contribution < -0.4 is 0 Å². The summed E-state index contributed by atoms with van der Waals surface area (Å²) in [6.45, 7) is 5.56. The number of allylic oxidation sites excluding steroid dienone is 1. The topological polar surface area (TPSA) is 0 Å². The maximum absolute atomic E-state index is 14.2. The highest BCUT2D eigenvalue weighted by atomic mass is 19.2. The first-order valence-corrected chi connectivity index (χ1v) is 7.45. The number of hydrogen-bond acceptors (Lipinski definition) is 0. The van der Waals surface area contributed by atoms with Gasteiger partial charge in [-0.2, -0.15) is 0 Å². The number of halogens is 3. The lowest BCUT2D eigenvalue weighted by molar-refractivity contribution is 0.500. The Morgan fingerprint density at radius 2 is 1.68 bits per heavy atom. The third kappa shape index (κ3) is 3.41. The molecule has 0 amide bonds. The van der Waals surface area contributed by atoms with Gasteiger partial charge in [-0.15, -0.1) is 6.58 Å². The van der Waals surface area contributed by atoms with Gasteiger partial charge in [-0.25, -0.2) is 13.2 Å². The lowest BCUT2D eigenvalue weighted by atomic mass is 9.98. The van der Waals surface area contributed by atoms with Crippen molar-refractivity contribution in [2.45, 2.75) is 32.6 Å². The van der Waals surface area contributed by atoms with Gasteiger partial charge in [0.25, 0.3) is 0 Å². The van der Waals surface area contributed by atoms with Gasteiger partial charge in [0.15, 0.2) is 11.6 Å². The minimum absolute atomic E-state index is 0.0413. The van der Waals surface area contributed by atoms with Gasteiger partial charge in [0.2, 0.25) is 0 Å². The predicted molar refractivity (Wildman–Crippen MR) is 84.3 cm³/mol. The molecule has 22 heavy (non-hydrogen) atoms. The molecule has 0 aliphatic carbocycles. The molecular weight excluding hydrogens is 285 g/mol. The van der Waals surface area contributed by atoms with Gasteiger partial charge in [-0.05, 0) is 36.5 Å². The minimum atomic E-state index is -0.997. The Kier molecular flexibility index (Phi) is 5.42. The van der Waals surface area contributed by atoms with E-state index in [1.807, 2.05) is 6.92 Å². The number of benzene rings is 2. The van der Waals surface area contributed by atoms with Crippen molar-refractivity contribution in [1.29, 1.82) is 0 Å². The molecule has 2 aromatic rings. The van der Waals surface area contributed by atoms with Crippen LogP contribution in [-0.2, 0) is 12.8 Å². The summed E-state index contributed by atoms with van der Waals surface area (Å²) in [7, 11) is 0. The average Bonchev–Trinajstić information content (AvgIpc) is 2.50. The van der Waals surface area contributed by atoms with E-state index in [0.717, 1.165) is 18.4 Å². The second kappa shape index (κ2) is 7.30. The normalized spacial score (nSPS) is 10.7. The molecule has 116 valence electrons. The van der Waals surface area contributed by atoms with Gasteiger partial charge in [0.05, 0.1) is 0 Å². The van der Waals surface area contributed by atoms with E-state index in [1.165, 1.54) is 24.3 Å². The molecule has 3 heteroatoms. The van der Waals surface area contributed by atoms with Crippen LogP contribution in [0.25, 0.3) is 11.1 Å². The Balaban J connectivity index is 2.41. The molecule has 0 aromatic heterocycles. The summed E-state index contributed by atoms with van der Waals surface area (Å²) < 4.78 is 42.5. The van der Waals surface area contributed by atoms with Crippen LogP contribution in [0.15, 0.2) is 43.0 Å². The van der Waals surface area contributed by atoms with E-state index in [4.69, 9.17) is 0 Å². The predicted octanol–water partition coefficient (Wildman–Crippen LogP) is 5.84. The average molecular weight is 304 g/mol. The van der Waals surface area contributed by atoms with Crippen molar-refractivity contribution >= 4 is 0 Å². The first kappa shape index (κ1) is 16.3. The van der Waals surface area contributed by atoms with E-state index in [9.17, 15) is 13.2 Å². The zero-order valence-electron chi connectivity index (χ0n) is 12.6. The molecule has 0 aliphatic heterocycles. The fourth-order valence-corrected chi connectivity index (χ4v) is 2.47. The van der Waals surface area contributed by atoms with Gasteiger partial charge >= 0.3 is 0 Å². The second-order valence-electron chi connectivity index (χ2n) is 5.29. The van der Waals surface area contributed by atoms with Crippen molar-refractivity contribution in [3.05, 3.63) is 71.6 Å². The maximum Gasteiger partial charge on any atom is 0.167 e. The van der Waals surface area contributed by atoms with Crippen LogP contribution in [0, 0.1) is 17.5 Å². The maximum atomic E-state index is 14.2. The summed E-state index contributed by atoms with van der Waals surface area (Å²) in [5, 5.41) is 0. The molecule has 0 unspecified atom stereocenters. The molecule has 0 radical (unpaired) electrons. The van der Waals surface area contributed by atoms with Gasteiger partial charge < -0.3 is 0 Å². The van der Waals surface area contributed by atoms with Crippen LogP contribution in [0.4, 0.5) is 13.2 Å². The Bertz CT molecular complexity index is 675. The van der Waals surface area contributed by atoms with E-state index in [-0.39, 0.29) is 16.7 Å². The van der Waals surface area contributed by atoms with Crippen LogP contribution in [0.3, 0.4) is 0 Å². The van der Waals surface area contributed by atoms with Crippen molar-refractivity contribution in [2.24, 2.45) is 0 Å². The van der Waals surface area contributed by atoms with Crippen LogP contribution >= 0.6 is 0 Å². The summed E-state index contributed by atoms with van der Waals surface area (Å²) in [4.78, 5) is 0. The second-order valence-corrected chi connectivity index (χ2v) is 5.29. The first-order chi connectivity index (χ1) is 10.6. The highest BCUT2D eigenvalue weighted by Crippen LogP contribution is 2.29. The molecule has 0 nitrogen and oxygen atoms in total. The zero-order valence-corrected chi connectivity index (χ0v) is 12.6. The summed E-state index contributed by atoms with van der Waals surface area (Å²) >= 11 is 0. The van der Waals surface area contributed by atoms with Crippen molar-refractivity contribution in [1.82, 2.24) is 0 Å². The summed E-state index contributed by atoms with van der Waals surface area (Å²) in [5.41, 5.74) is 1.18. The monoisotopic (exact) mass is 304 g/mol. The molecule has 0 atom stereocenters. The van der Waals surface area contributed by atoms with E-state index < -0.39 is 17.5 Å². The van der Waals surface area contributed by atoms with Gasteiger partial charge in [0.1, 0.15) is 5.82 Å². The van der Waals surface area contributed by atoms with Crippen molar-refractivity contribution in [3.8, 4) is 11.1 Å². The molecule has 2 aromatic carbocycles. The molecule has 0 fully saturated rings. The summed E-state index contributed by atoms with van der Waals surface area (Å²) in [6, 6.07) is 7.61. The number of hydrogen-bond donors (Lipinski definition) is 0. The van der Waals surface area contributed by atoms with Crippen molar-refractivity contribution in [3.63, 3.8) is 0 Å². The Labute approximate surface area is 129 Å². The molecule has 0 spiro atoms. The van der Waals surface area contributed by atoms with Crippen LogP contribution in [-0.4, -0.2) is 0 Å². The first-order valence-electron chi connectivity index (χ1n) is 7.45. The van der Waals surface area contributed by atoms with Crippen LogP contribution in [0.2, 0.25) is 0 Å². The van der Waals surface area contributed by atoms with Crippen LogP contribution in [0.5, 0.6) is 0 Å². The summed E-state index contributed by atoms with van der Waals surface area (Å²) in [6.07, 6.45) is 4.26. The van der Waals surface area contributed by atoms with E-state index in [2.05, 4.69) is 6.58 Å². The van der Waals surface area contributed by atoms with E-state index >= 15 is 0 Å². The van der Waals surface area contributed by atoms with Gasteiger partial charge in [-0.3, -0.25) is 0 Å². The Morgan fingerprint density at radius 3 is 2.32 bits per heavy atom. The minimum Gasteiger partial charge on any atom is -0.206 e. The fraction of sp³-hybridized carbons (Fsp3) is 0.263. The SMILES string of the molecule is C=CCCc1ccc(-c2ccc(CCC)cc2F)c(F)c1F. The lowest BCUT2D eigenvalue weighted by Gasteiger charge is -2.10. The summed E-state index contributed by atoms with van der Waals surface area (Å²) in [5.74, 6) is -2.43. The molecule has 2 rings (SSSR count). The van der Waals surface area contributed by atoms with Gasteiger partial charge in [0, 0.05) is 11.1 Å². The van der Waals surface area contributed by atoms with E-state index in [1.54, 1.807) is 12.1 Å². The number of rotatable bonds is 6. The van der Waals surface area contributed by atoms with E-state index in [0.29, 0.717) is 12.8 Å². The fourth-order valence-electron chi connectivity index (χ4n) is 2.47. The Morgan fingerprint density at radius 1 is 0.955 bits per heavy atom. The zero-order chi connectivity index (χ0) is 16.1. The smallest absolute Gasteiger partial charge is 0.167 e. The molecule has 0 N–H and O–H groups in total. The molecule has 0 saturated carbocycles. The third-order valence-corrected chi connectivity index (χ3v) is 3.64. The largest absolute Gasteiger partial charge is 0.206 e. The molecule has 0 heterocycles.